The van der Waals surface area contributed by atoms with E-state index in [1.807, 2.05) is 30.5 Å². The lowest BCUT2D eigenvalue weighted by Gasteiger charge is -2.29. The first-order valence-corrected chi connectivity index (χ1v) is 11.9. The predicted molar refractivity (Wildman–Crippen MR) is 130 cm³/mol. The van der Waals surface area contributed by atoms with Crippen LogP contribution < -0.4 is 10.2 Å². The Labute approximate surface area is 202 Å². The summed E-state index contributed by atoms with van der Waals surface area (Å²) in [4.78, 5) is 19.9. The molecule has 5 heterocycles. The molecular weight excluding hydrogens is 446 g/mol. The summed E-state index contributed by atoms with van der Waals surface area (Å²) >= 11 is 0. The van der Waals surface area contributed by atoms with Gasteiger partial charge < -0.3 is 19.7 Å². The number of carbonyl (C=O) groups is 1. The van der Waals surface area contributed by atoms with E-state index < -0.39 is 0 Å². The van der Waals surface area contributed by atoms with Gasteiger partial charge in [0.15, 0.2) is 17.2 Å². The van der Waals surface area contributed by atoms with Crippen LogP contribution in [0.4, 0.5) is 5.82 Å². The predicted octanol–water partition coefficient (Wildman–Crippen LogP) is 2.25. The van der Waals surface area contributed by atoms with Crippen molar-refractivity contribution in [2.24, 2.45) is 0 Å². The molecule has 0 saturated carbocycles. The summed E-state index contributed by atoms with van der Waals surface area (Å²) in [5, 5.41) is 12.4. The Kier molecular flexibility index (Phi) is 5.67. The molecule has 4 aromatic rings. The van der Waals surface area contributed by atoms with Gasteiger partial charge in [0.2, 0.25) is 0 Å². The molecule has 1 atom stereocenters. The number of morpholine rings is 1. The second-order valence-electron chi connectivity index (χ2n) is 8.92. The van der Waals surface area contributed by atoms with Gasteiger partial charge in [0.25, 0.3) is 5.91 Å². The summed E-state index contributed by atoms with van der Waals surface area (Å²) < 4.78 is 14.4. The number of hydrogen-bond acceptors (Lipinski definition) is 7. The van der Waals surface area contributed by atoms with E-state index in [9.17, 15) is 4.79 Å². The highest BCUT2D eigenvalue weighted by Crippen LogP contribution is 2.24. The molecule has 2 aliphatic heterocycles. The maximum Gasteiger partial charge on any atom is 0.272 e. The van der Waals surface area contributed by atoms with Crippen LogP contribution in [0.2, 0.25) is 0 Å². The van der Waals surface area contributed by atoms with E-state index in [2.05, 4.69) is 34.4 Å². The summed E-state index contributed by atoms with van der Waals surface area (Å²) in [5.74, 6) is 1.29. The molecule has 0 aliphatic carbocycles. The number of fused-ring (bicyclic) bond motifs is 1. The molecule has 1 amide bonds. The molecule has 0 spiro atoms. The number of aryl methyl sites for hydroxylation is 1. The van der Waals surface area contributed by atoms with Gasteiger partial charge in [-0.3, -0.25) is 4.79 Å². The summed E-state index contributed by atoms with van der Waals surface area (Å²) in [5.41, 5.74) is 4.02. The van der Waals surface area contributed by atoms with Gasteiger partial charge in [-0.15, -0.1) is 0 Å². The first kappa shape index (κ1) is 21.8. The van der Waals surface area contributed by atoms with Gasteiger partial charge >= 0.3 is 0 Å². The minimum absolute atomic E-state index is 0.0127. The normalized spacial score (nSPS) is 18.3. The fraction of sp³-hybridized carbons (Fsp3) is 0.360. The van der Waals surface area contributed by atoms with Crippen molar-refractivity contribution < 1.29 is 14.3 Å². The Hall–Kier alpha value is -3.76. The molecule has 10 nitrogen and oxygen atoms in total. The van der Waals surface area contributed by atoms with Crippen LogP contribution in [-0.2, 0) is 9.47 Å². The van der Waals surface area contributed by atoms with Crippen molar-refractivity contribution >= 4 is 17.4 Å². The Morgan fingerprint density at radius 2 is 1.94 bits per heavy atom. The first-order valence-electron chi connectivity index (χ1n) is 11.9. The van der Waals surface area contributed by atoms with Gasteiger partial charge in [-0.25, -0.2) is 9.67 Å². The zero-order valence-electron chi connectivity index (χ0n) is 19.6. The van der Waals surface area contributed by atoms with Crippen LogP contribution in [0.5, 0.6) is 0 Å². The smallest absolute Gasteiger partial charge is 0.272 e. The number of ether oxygens (including phenoxy) is 2. The molecular formula is C25H27N7O3. The molecule has 2 saturated heterocycles. The van der Waals surface area contributed by atoms with Gasteiger partial charge in [-0.2, -0.15) is 14.7 Å². The average Bonchev–Trinajstić information content (AvgIpc) is 3.64. The second-order valence-corrected chi connectivity index (χ2v) is 8.92. The van der Waals surface area contributed by atoms with E-state index in [-0.39, 0.29) is 11.9 Å². The minimum atomic E-state index is -0.221. The zero-order chi connectivity index (χ0) is 23.8. The van der Waals surface area contributed by atoms with Gasteiger partial charge in [-0.1, -0.05) is 23.8 Å². The van der Waals surface area contributed by atoms with Crippen molar-refractivity contribution in [2.75, 3.05) is 44.4 Å². The molecule has 0 unspecified atom stereocenters. The highest BCUT2D eigenvalue weighted by atomic mass is 16.5. The molecule has 0 radical (unpaired) electrons. The highest BCUT2D eigenvalue weighted by molar-refractivity contribution is 5.93. The van der Waals surface area contributed by atoms with Crippen molar-refractivity contribution in [3.05, 3.63) is 59.9 Å². The Bertz CT molecular complexity index is 1370. The van der Waals surface area contributed by atoms with Crippen molar-refractivity contribution in [1.29, 1.82) is 0 Å². The van der Waals surface area contributed by atoms with E-state index in [1.54, 1.807) is 15.3 Å². The quantitative estimate of drug-likeness (QED) is 0.475. The monoisotopic (exact) mass is 473 g/mol. The van der Waals surface area contributed by atoms with Gasteiger partial charge in [0.1, 0.15) is 5.82 Å². The summed E-state index contributed by atoms with van der Waals surface area (Å²) in [7, 11) is 0. The number of nitrogens with zero attached hydrogens (tertiary/aromatic N) is 6. The van der Waals surface area contributed by atoms with Crippen molar-refractivity contribution in [3.63, 3.8) is 0 Å². The maximum absolute atomic E-state index is 12.9. The highest BCUT2D eigenvalue weighted by Gasteiger charge is 2.23. The molecule has 1 N–H and O–H groups in total. The molecule has 1 aromatic carbocycles. The maximum atomic E-state index is 12.9. The number of aromatic nitrogens is 5. The largest absolute Gasteiger partial charge is 0.379 e. The van der Waals surface area contributed by atoms with Crippen LogP contribution in [-0.4, -0.2) is 75.8 Å². The summed E-state index contributed by atoms with van der Waals surface area (Å²) in [6.07, 6.45) is 2.72. The van der Waals surface area contributed by atoms with E-state index in [0.29, 0.717) is 43.6 Å². The van der Waals surface area contributed by atoms with E-state index >= 15 is 0 Å². The Morgan fingerprint density at radius 1 is 1.06 bits per heavy atom. The zero-order valence-corrected chi connectivity index (χ0v) is 19.6. The standard InChI is InChI=1S/C25H27N7O3/c1-17-3-2-4-18(13-17)20-5-7-31(28-20)22-15-24(30-8-11-34-12-9-30)32-23(27-22)14-21(29-32)25(33)26-19-6-10-35-16-19/h2-5,7,13-15,19H,6,8-12,16H2,1H3,(H,26,33)/t19-/m0/s1. The number of amides is 1. The summed E-state index contributed by atoms with van der Waals surface area (Å²) in [6.45, 7) is 5.99. The van der Waals surface area contributed by atoms with Crippen molar-refractivity contribution in [2.45, 2.75) is 19.4 Å². The number of anilines is 1. The molecule has 2 aliphatic rings. The number of hydrogen-bond donors (Lipinski definition) is 1. The number of carbonyl (C=O) groups excluding carboxylic acids is 1. The Morgan fingerprint density at radius 3 is 2.74 bits per heavy atom. The van der Waals surface area contributed by atoms with Crippen LogP contribution in [0.15, 0.2) is 48.7 Å². The van der Waals surface area contributed by atoms with Gasteiger partial charge in [0.05, 0.1) is 31.6 Å². The van der Waals surface area contributed by atoms with E-state index in [1.165, 1.54) is 5.56 Å². The third-order valence-corrected chi connectivity index (χ3v) is 6.37. The molecule has 0 bridgehead atoms. The number of benzene rings is 1. The van der Waals surface area contributed by atoms with E-state index in [4.69, 9.17) is 19.6 Å². The topological polar surface area (TPSA) is 98.8 Å². The lowest BCUT2D eigenvalue weighted by Crippen LogP contribution is -2.37. The first-order chi connectivity index (χ1) is 17.1. The lowest BCUT2D eigenvalue weighted by molar-refractivity contribution is 0.0924. The Balaban J connectivity index is 1.39. The van der Waals surface area contributed by atoms with Crippen LogP contribution >= 0.6 is 0 Å². The molecule has 3 aromatic heterocycles. The fourth-order valence-electron chi connectivity index (χ4n) is 4.51. The van der Waals surface area contributed by atoms with Crippen LogP contribution in [0.3, 0.4) is 0 Å². The fourth-order valence-corrected chi connectivity index (χ4v) is 4.51. The third-order valence-electron chi connectivity index (χ3n) is 6.37. The lowest BCUT2D eigenvalue weighted by atomic mass is 10.1. The SMILES string of the molecule is Cc1cccc(-c2ccn(-c3cc(N4CCOCC4)n4nc(C(=O)N[C@H]5CCOC5)cc4n3)n2)c1. The van der Waals surface area contributed by atoms with Crippen molar-refractivity contribution in [3.8, 4) is 17.1 Å². The molecule has 2 fully saturated rings. The molecule has 10 heteroatoms. The number of nitrogens with one attached hydrogen (secondary N) is 1. The van der Waals surface area contributed by atoms with Crippen molar-refractivity contribution in [1.82, 2.24) is 29.7 Å². The van der Waals surface area contributed by atoms with Crippen LogP contribution in [0.25, 0.3) is 22.7 Å². The van der Waals surface area contributed by atoms with Crippen LogP contribution in [0.1, 0.15) is 22.5 Å². The van der Waals surface area contributed by atoms with Gasteiger partial charge in [0, 0.05) is 43.6 Å². The van der Waals surface area contributed by atoms with Crippen LogP contribution in [0, 0.1) is 6.92 Å². The molecule has 6 rings (SSSR count). The third kappa shape index (κ3) is 4.38. The minimum Gasteiger partial charge on any atom is -0.379 e. The second kappa shape index (κ2) is 9.12. The molecule has 180 valence electrons. The number of rotatable bonds is 5. The average molecular weight is 474 g/mol. The van der Waals surface area contributed by atoms with E-state index in [0.717, 1.165) is 36.6 Å². The molecule has 35 heavy (non-hydrogen) atoms. The summed E-state index contributed by atoms with van der Waals surface area (Å²) in [6, 6.07) is 13.9. The van der Waals surface area contributed by atoms with Gasteiger partial charge in [-0.05, 0) is 25.5 Å².